The summed E-state index contributed by atoms with van der Waals surface area (Å²) >= 11 is 0. The Labute approximate surface area is 103 Å². The Hall–Kier alpha value is -1.71. The maximum Gasteiger partial charge on any atom is 0.934 e. The summed E-state index contributed by atoms with van der Waals surface area (Å²) in [5, 5.41) is 0. The summed E-state index contributed by atoms with van der Waals surface area (Å²) in [6.45, 7) is 0. The third-order valence-electron chi connectivity index (χ3n) is 2.72. The fourth-order valence-corrected chi connectivity index (χ4v) is 2.59. The maximum absolute atomic E-state index is 5.67. The van der Waals surface area contributed by atoms with Crippen molar-refractivity contribution in [1.82, 2.24) is 0 Å². The second-order valence-corrected chi connectivity index (χ2v) is 4.43. The Balaban J connectivity index is 1.96. The zero-order chi connectivity index (χ0) is 11.5. The summed E-state index contributed by atoms with van der Waals surface area (Å²) in [4.78, 5) is 0. The van der Waals surface area contributed by atoms with Crippen molar-refractivity contribution < 1.29 is 8.54 Å². The average molecular weight is 239 g/mol. The van der Waals surface area contributed by atoms with Gasteiger partial charge in [-0.25, -0.2) is 0 Å². The van der Waals surface area contributed by atoms with Crippen molar-refractivity contribution in [3.8, 4) is 0 Å². The summed E-state index contributed by atoms with van der Waals surface area (Å²) in [5.74, 6) is 0.912. The molecule has 0 aromatic heterocycles. The molecule has 17 heavy (non-hydrogen) atoms. The summed E-state index contributed by atoms with van der Waals surface area (Å²) in [7, 11) is 0.0833. The lowest BCUT2D eigenvalue weighted by Crippen LogP contribution is -2.11. The van der Waals surface area contributed by atoms with Crippen molar-refractivity contribution in [2.45, 2.75) is 6.10 Å². The second-order valence-electron chi connectivity index (χ2n) is 3.82. The molecule has 1 heterocycles. The van der Waals surface area contributed by atoms with Crippen LogP contribution in [0.15, 0.2) is 60.7 Å². The van der Waals surface area contributed by atoms with E-state index in [0.717, 1.165) is 16.9 Å². The average Bonchev–Trinajstić information content (AvgIpc) is 2.90. The molecule has 0 bridgehead atoms. The van der Waals surface area contributed by atoms with Crippen molar-refractivity contribution in [2.24, 2.45) is 0 Å². The predicted molar refractivity (Wildman–Crippen MR) is 66.8 cm³/mol. The van der Waals surface area contributed by atoms with E-state index in [1.165, 1.54) is 0 Å². The van der Waals surface area contributed by atoms with Gasteiger partial charge in [0.25, 0.3) is 0 Å². The minimum atomic E-state index is -0.0723. The molecule has 3 rings (SSSR count). The molecule has 0 N–H and O–H groups in total. The minimum absolute atomic E-state index is 0.0723. The van der Waals surface area contributed by atoms with Crippen molar-refractivity contribution in [3.63, 3.8) is 0 Å². The van der Waals surface area contributed by atoms with Crippen LogP contribution in [0, 0.1) is 0 Å². The highest BCUT2D eigenvalue weighted by Crippen LogP contribution is 2.25. The van der Waals surface area contributed by atoms with Gasteiger partial charge in [0.1, 0.15) is 0 Å². The van der Waals surface area contributed by atoms with E-state index in [0.29, 0.717) is 0 Å². The van der Waals surface area contributed by atoms with Crippen LogP contribution in [0.2, 0.25) is 0 Å². The van der Waals surface area contributed by atoms with Crippen LogP contribution >= 0.6 is 0 Å². The first-order valence-corrected chi connectivity index (χ1v) is 6.31. The van der Waals surface area contributed by atoms with Crippen LogP contribution in [0.3, 0.4) is 0 Å². The molecule has 1 aliphatic rings. The molecule has 2 radical (unpaired) electrons. The normalized spacial score (nSPS) is 19.1. The zero-order valence-corrected chi connectivity index (χ0v) is 10.2. The van der Waals surface area contributed by atoms with Crippen LogP contribution in [0.4, 0.5) is 0 Å². The van der Waals surface area contributed by atoms with E-state index in [-0.39, 0.29) is 16.1 Å². The van der Waals surface area contributed by atoms with Crippen molar-refractivity contribution in [3.05, 3.63) is 71.8 Å². The number of hydrogen-bond donors (Lipinski definition) is 0. The topological polar surface area (TPSA) is 20.5 Å². The van der Waals surface area contributed by atoms with Crippen molar-refractivity contribution in [1.29, 1.82) is 0 Å². The third-order valence-corrected chi connectivity index (χ3v) is 3.35. The van der Waals surface area contributed by atoms with E-state index in [2.05, 4.69) is 12.1 Å². The Kier molecular flexibility index (Phi) is 2.86. The summed E-state index contributed by atoms with van der Waals surface area (Å²) in [5.41, 5.74) is 2.22. The predicted octanol–water partition coefficient (Wildman–Crippen LogP) is 2.71. The largest absolute Gasteiger partial charge is 0.934 e. The van der Waals surface area contributed by atoms with E-state index in [1.807, 2.05) is 48.5 Å². The van der Waals surface area contributed by atoms with E-state index in [9.17, 15) is 0 Å². The van der Waals surface area contributed by atoms with Gasteiger partial charge in [-0.1, -0.05) is 48.5 Å². The molecule has 0 aliphatic carbocycles. The lowest BCUT2D eigenvalue weighted by molar-refractivity contribution is -0.0840. The van der Waals surface area contributed by atoms with Gasteiger partial charge < -0.3 is 8.54 Å². The molecule has 1 aliphatic heterocycles. The molecule has 1 unspecified atom stereocenters. The molecule has 0 saturated carbocycles. The standard InChI is InChI=1S/C14H11O2Si/c1-3-7-11(8-4-1)13-14(16-17-15-13)12-9-5-2-6-10-12/h1-10,13H/q+1. The van der Waals surface area contributed by atoms with Gasteiger partial charge in [-0.2, -0.15) is 0 Å². The first-order valence-electron chi connectivity index (χ1n) is 5.50. The van der Waals surface area contributed by atoms with Gasteiger partial charge >= 0.3 is 15.8 Å². The second kappa shape index (κ2) is 4.65. The number of hydrogen-bond acceptors (Lipinski definition) is 1. The van der Waals surface area contributed by atoms with E-state index >= 15 is 0 Å². The Morgan fingerprint density at radius 2 is 1.53 bits per heavy atom. The molecule has 3 heteroatoms. The van der Waals surface area contributed by atoms with Crippen LogP contribution < -0.4 is 0 Å². The van der Waals surface area contributed by atoms with Crippen molar-refractivity contribution in [2.75, 3.05) is 0 Å². The highest BCUT2D eigenvalue weighted by atomic mass is 28.2. The van der Waals surface area contributed by atoms with Gasteiger partial charge in [0.05, 0.1) is 5.56 Å². The number of carbonyl (C=O) groups excluding carboxylic acids is 1. The molecule has 82 valence electrons. The molecule has 0 fully saturated rings. The maximum atomic E-state index is 5.67. The van der Waals surface area contributed by atoms with Crippen molar-refractivity contribution >= 4 is 15.8 Å². The van der Waals surface area contributed by atoms with E-state index < -0.39 is 0 Å². The van der Waals surface area contributed by atoms with Gasteiger partial charge in [0.15, 0.2) is 6.10 Å². The highest BCUT2D eigenvalue weighted by Gasteiger charge is 2.40. The lowest BCUT2D eigenvalue weighted by Gasteiger charge is -2.06. The molecular weight excluding hydrogens is 228 g/mol. The van der Waals surface area contributed by atoms with Crippen LogP contribution in [-0.2, 0) is 4.43 Å². The lowest BCUT2D eigenvalue weighted by atomic mass is 10.0. The fraction of sp³-hybridized carbons (Fsp3) is 0.0714. The molecule has 2 aromatic carbocycles. The Morgan fingerprint density at radius 3 is 2.24 bits per heavy atom. The molecule has 0 saturated heterocycles. The van der Waals surface area contributed by atoms with Crippen LogP contribution in [0.1, 0.15) is 21.3 Å². The van der Waals surface area contributed by atoms with E-state index in [1.54, 1.807) is 0 Å². The number of ketones is 1. The van der Waals surface area contributed by atoms with E-state index in [4.69, 9.17) is 8.54 Å². The Morgan fingerprint density at radius 1 is 0.882 bits per heavy atom. The molecular formula is C14H11O2Si+. The first-order chi connectivity index (χ1) is 8.45. The molecule has 0 spiro atoms. The minimum Gasteiger partial charge on any atom is -0.337 e. The zero-order valence-electron chi connectivity index (χ0n) is 9.17. The molecule has 2 aromatic rings. The highest BCUT2D eigenvalue weighted by molar-refractivity contribution is 6.23. The molecule has 0 amide bonds. The van der Waals surface area contributed by atoms with Gasteiger partial charge in [0, 0.05) is 0 Å². The molecule has 2 nitrogen and oxygen atoms in total. The SMILES string of the molecule is c1ccc(C2=[O+][Si]OC2c2ccccc2)cc1. The quantitative estimate of drug-likeness (QED) is 0.583. The first kappa shape index (κ1) is 10.4. The van der Waals surface area contributed by atoms with Gasteiger partial charge in [-0.15, -0.1) is 0 Å². The number of benzene rings is 2. The molecule has 1 atom stereocenters. The van der Waals surface area contributed by atoms with Crippen LogP contribution in [0.5, 0.6) is 0 Å². The number of rotatable bonds is 2. The fourth-order valence-electron chi connectivity index (χ4n) is 1.88. The summed E-state index contributed by atoms with van der Waals surface area (Å²) in [6.07, 6.45) is -0.0723. The van der Waals surface area contributed by atoms with Crippen LogP contribution in [-0.4, -0.2) is 15.8 Å². The van der Waals surface area contributed by atoms with Gasteiger partial charge in [-0.05, 0) is 17.7 Å². The Bertz CT molecular complexity index is 522. The summed E-state index contributed by atoms with van der Waals surface area (Å²) < 4.78 is 11.3. The van der Waals surface area contributed by atoms with Crippen LogP contribution in [0.25, 0.3) is 0 Å². The summed E-state index contributed by atoms with van der Waals surface area (Å²) in [6, 6.07) is 20.3. The smallest absolute Gasteiger partial charge is 0.337 e. The van der Waals surface area contributed by atoms with Gasteiger partial charge in [-0.3, -0.25) is 0 Å². The third kappa shape index (κ3) is 2.07. The monoisotopic (exact) mass is 239 g/mol. The van der Waals surface area contributed by atoms with Gasteiger partial charge in [0.2, 0.25) is 0 Å².